The Hall–Kier alpha value is -7.19. The maximum atomic E-state index is 15.1. The minimum absolute atomic E-state index is 0.0755. The van der Waals surface area contributed by atoms with Crippen LogP contribution in [0, 0.1) is 0 Å². The first-order valence-electron chi connectivity index (χ1n) is 21.0. The fraction of sp³-hybridized carbons (Fsp3) is 0.0526. The van der Waals surface area contributed by atoms with Crippen molar-refractivity contribution in [2.24, 2.45) is 0 Å². The van der Waals surface area contributed by atoms with Gasteiger partial charge in [-0.1, -0.05) is 153 Å². The van der Waals surface area contributed by atoms with Gasteiger partial charge in [0, 0.05) is 54.2 Å². The van der Waals surface area contributed by atoms with E-state index < -0.39 is 7.14 Å². The Morgan fingerprint density at radius 3 is 1.39 bits per heavy atom. The molecule has 0 aliphatic heterocycles. The van der Waals surface area contributed by atoms with Crippen LogP contribution >= 0.6 is 7.14 Å². The first-order chi connectivity index (χ1) is 29.9. The second-order valence-corrected chi connectivity index (χ2v) is 19.6. The summed E-state index contributed by atoms with van der Waals surface area (Å²) in [4.78, 5) is 0. The van der Waals surface area contributed by atoms with E-state index in [4.69, 9.17) is 0 Å². The van der Waals surface area contributed by atoms with Crippen molar-refractivity contribution in [3.05, 3.63) is 223 Å². The van der Waals surface area contributed by atoms with Crippen molar-refractivity contribution in [3.8, 4) is 33.6 Å². The van der Waals surface area contributed by atoms with Gasteiger partial charge in [0.2, 0.25) is 0 Å². The summed E-state index contributed by atoms with van der Waals surface area (Å²) in [6, 6.07) is 75.3. The SMILES string of the molecule is CC1(C)c2ccccc2-c2ccc(-n3c4ccccc4c4cc(-c5ccc6c(c5)c5ccccc5n6-c5ccc(P(=O)(c6ccccc6)c6ccccc6)cc5)ccc43)cc21. The number of para-hydroxylation sites is 2. The molecule has 9 aromatic carbocycles. The van der Waals surface area contributed by atoms with Crippen molar-refractivity contribution in [1.29, 1.82) is 0 Å². The van der Waals surface area contributed by atoms with E-state index in [9.17, 15) is 0 Å². The van der Waals surface area contributed by atoms with Crippen LogP contribution in [0.25, 0.3) is 77.2 Å². The Labute approximate surface area is 355 Å². The molecule has 0 saturated heterocycles. The van der Waals surface area contributed by atoms with Gasteiger partial charge in [-0.25, -0.2) is 0 Å². The maximum absolute atomic E-state index is 15.1. The van der Waals surface area contributed by atoms with Crippen LogP contribution in [0.15, 0.2) is 212 Å². The molecule has 1 aliphatic rings. The van der Waals surface area contributed by atoms with Crippen LogP contribution in [0.5, 0.6) is 0 Å². The summed E-state index contributed by atoms with van der Waals surface area (Å²) in [5.41, 5.74) is 14.6. The first-order valence-corrected chi connectivity index (χ1v) is 22.7. The zero-order valence-corrected chi connectivity index (χ0v) is 34.9. The Kier molecular flexibility index (Phi) is 7.86. The molecule has 0 bridgehead atoms. The van der Waals surface area contributed by atoms with E-state index in [1.165, 1.54) is 71.6 Å². The molecule has 2 aromatic heterocycles. The van der Waals surface area contributed by atoms with Crippen molar-refractivity contribution in [2.75, 3.05) is 0 Å². The van der Waals surface area contributed by atoms with Crippen LogP contribution in [0.3, 0.4) is 0 Å². The fourth-order valence-electron chi connectivity index (χ4n) is 10.2. The first kappa shape index (κ1) is 35.7. The lowest BCUT2D eigenvalue weighted by Gasteiger charge is -2.22. The zero-order valence-electron chi connectivity index (χ0n) is 34.0. The van der Waals surface area contributed by atoms with Gasteiger partial charge in [-0.05, 0) is 106 Å². The van der Waals surface area contributed by atoms with Crippen molar-refractivity contribution in [3.63, 3.8) is 0 Å². The van der Waals surface area contributed by atoms with Crippen LogP contribution in [0.2, 0.25) is 0 Å². The lowest BCUT2D eigenvalue weighted by molar-refractivity contribution is 0.592. The van der Waals surface area contributed by atoms with Crippen molar-refractivity contribution in [1.82, 2.24) is 9.13 Å². The molecule has 0 fully saturated rings. The van der Waals surface area contributed by atoms with E-state index in [1.54, 1.807) is 0 Å². The topological polar surface area (TPSA) is 26.9 Å². The number of hydrogen-bond donors (Lipinski definition) is 0. The highest BCUT2D eigenvalue weighted by molar-refractivity contribution is 7.85. The van der Waals surface area contributed by atoms with Crippen LogP contribution in [-0.4, -0.2) is 9.13 Å². The van der Waals surface area contributed by atoms with Gasteiger partial charge in [-0.3, -0.25) is 0 Å². The van der Waals surface area contributed by atoms with Gasteiger partial charge in [0.15, 0.2) is 7.14 Å². The minimum Gasteiger partial charge on any atom is -0.309 e. The highest BCUT2D eigenvalue weighted by atomic mass is 31.2. The standard InChI is InChI=1S/C57H41N2OP/c1-57(2)51-22-12-9-19-45(51)46-32-29-41(37-52(46)57)59-54-24-14-11-21-48(54)50-36-39(26-34-56(50)59)38-25-33-55-49(35-38)47-20-10-13-23-53(47)58(55)40-27-30-44(31-28-40)61(60,42-15-5-3-6-16-42)43-17-7-4-8-18-43/h3-37H,1-2H3. The average molecular weight is 801 g/mol. The van der Waals surface area contributed by atoms with Crippen molar-refractivity contribution >= 4 is 66.7 Å². The molecule has 0 spiro atoms. The molecule has 0 amide bonds. The number of hydrogen-bond acceptors (Lipinski definition) is 1. The third-order valence-electron chi connectivity index (χ3n) is 13.2. The maximum Gasteiger partial charge on any atom is 0.171 e. The molecule has 2 heterocycles. The Bertz CT molecular complexity index is 3530. The molecule has 0 unspecified atom stereocenters. The second kappa shape index (κ2) is 13.4. The third-order valence-corrected chi connectivity index (χ3v) is 16.3. The lowest BCUT2D eigenvalue weighted by atomic mass is 9.82. The highest BCUT2D eigenvalue weighted by Crippen LogP contribution is 2.50. The van der Waals surface area contributed by atoms with Crippen LogP contribution in [0.1, 0.15) is 25.0 Å². The van der Waals surface area contributed by atoms with E-state index in [2.05, 4.69) is 175 Å². The van der Waals surface area contributed by atoms with Crippen molar-refractivity contribution < 1.29 is 4.57 Å². The summed E-state index contributed by atoms with van der Waals surface area (Å²) in [5, 5.41) is 7.36. The molecule has 3 nitrogen and oxygen atoms in total. The Morgan fingerprint density at radius 1 is 0.361 bits per heavy atom. The summed E-state index contributed by atoms with van der Waals surface area (Å²) in [6.45, 7) is 4.70. The predicted molar refractivity (Wildman–Crippen MR) is 258 cm³/mol. The van der Waals surface area contributed by atoms with E-state index >= 15 is 4.57 Å². The van der Waals surface area contributed by atoms with Crippen LogP contribution in [-0.2, 0) is 9.98 Å². The largest absolute Gasteiger partial charge is 0.309 e. The average Bonchev–Trinajstić information content (AvgIpc) is 3.91. The zero-order chi connectivity index (χ0) is 40.9. The van der Waals surface area contributed by atoms with Gasteiger partial charge in [-0.15, -0.1) is 0 Å². The molecular weight excluding hydrogens is 760 g/mol. The normalized spacial score (nSPS) is 13.3. The summed E-state index contributed by atoms with van der Waals surface area (Å²) >= 11 is 0. The van der Waals surface area contributed by atoms with E-state index in [0.717, 1.165) is 32.6 Å². The summed E-state index contributed by atoms with van der Waals surface area (Å²) < 4.78 is 19.9. The van der Waals surface area contributed by atoms with Gasteiger partial charge in [-0.2, -0.15) is 0 Å². The molecule has 0 saturated carbocycles. The number of aromatic nitrogens is 2. The number of rotatable bonds is 6. The fourth-order valence-corrected chi connectivity index (χ4v) is 12.9. The number of fused-ring (bicyclic) bond motifs is 9. The number of benzene rings is 9. The summed E-state index contributed by atoms with van der Waals surface area (Å²) in [5.74, 6) is 0. The highest BCUT2D eigenvalue weighted by Gasteiger charge is 2.35. The summed E-state index contributed by atoms with van der Waals surface area (Å²) in [7, 11) is -3.09. The molecule has 0 N–H and O–H groups in total. The Balaban J connectivity index is 0.962. The van der Waals surface area contributed by atoms with E-state index in [0.29, 0.717) is 0 Å². The quantitative estimate of drug-likeness (QED) is 0.154. The van der Waals surface area contributed by atoms with E-state index in [1.807, 2.05) is 60.7 Å². The summed E-state index contributed by atoms with van der Waals surface area (Å²) in [6.07, 6.45) is 0. The third kappa shape index (κ3) is 5.27. The molecule has 1 aliphatic carbocycles. The van der Waals surface area contributed by atoms with Gasteiger partial charge in [0.25, 0.3) is 0 Å². The molecule has 61 heavy (non-hydrogen) atoms. The molecular formula is C57H41N2OP. The smallest absolute Gasteiger partial charge is 0.171 e. The molecule has 290 valence electrons. The van der Waals surface area contributed by atoms with Gasteiger partial charge in [0.1, 0.15) is 0 Å². The second-order valence-electron chi connectivity index (χ2n) is 16.9. The van der Waals surface area contributed by atoms with Crippen LogP contribution in [0.4, 0.5) is 0 Å². The van der Waals surface area contributed by atoms with Crippen molar-refractivity contribution in [2.45, 2.75) is 19.3 Å². The van der Waals surface area contributed by atoms with Crippen LogP contribution < -0.4 is 15.9 Å². The van der Waals surface area contributed by atoms with Gasteiger partial charge < -0.3 is 13.7 Å². The molecule has 12 rings (SSSR count). The van der Waals surface area contributed by atoms with Gasteiger partial charge >= 0.3 is 0 Å². The van der Waals surface area contributed by atoms with Gasteiger partial charge in [0.05, 0.1) is 22.1 Å². The monoisotopic (exact) mass is 800 g/mol. The molecule has 0 radical (unpaired) electrons. The van der Waals surface area contributed by atoms with E-state index in [-0.39, 0.29) is 5.41 Å². The number of nitrogens with zero attached hydrogens (tertiary/aromatic N) is 2. The Morgan fingerprint density at radius 2 is 0.803 bits per heavy atom. The molecule has 11 aromatic rings. The molecule has 0 atom stereocenters. The minimum atomic E-state index is -3.09. The predicted octanol–water partition coefficient (Wildman–Crippen LogP) is 13.5. The lowest BCUT2D eigenvalue weighted by Crippen LogP contribution is -2.24. The molecule has 4 heteroatoms.